The van der Waals surface area contributed by atoms with E-state index in [9.17, 15) is 4.79 Å². The van der Waals surface area contributed by atoms with Crippen molar-refractivity contribution in [3.63, 3.8) is 0 Å². The Morgan fingerprint density at radius 1 is 1.30 bits per heavy atom. The minimum atomic E-state index is 0.559. The maximum Gasteiger partial charge on any atom is 0.314 e. The predicted octanol–water partition coefficient (Wildman–Crippen LogP) is 2.73. The first-order valence-electron chi connectivity index (χ1n) is 6.62. The monoisotopic (exact) mass is 267 g/mol. The molecule has 1 aromatic heterocycles. The number of aryl methyl sites for hydroxylation is 1. The van der Waals surface area contributed by atoms with Gasteiger partial charge in [0.15, 0.2) is 0 Å². The summed E-state index contributed by atoms with van der Waals surface area (Å²) in [4.78, 5) is 14.9. The van der Waals surface area contributed by atoms with Crippen LogP contribution in [0.1, 0.15) is 17.5 Å². The Kier molecular flexibility index (Phi) is 3.37. The van der Waals surface area contributed by atoms with Gasteiger partial charge in [-0.25, -0.2) is 4.98 Å². The summed E-state index contributed by atoms with van der Waals surface area (Å²) < 4.78 is 5.16. The van der Waals surface area contributed by atoms with Crippen molar-refractivity contribution in [3.05, 3.63) is 41.6 Å². The molecule has 0 aliphatic heterocycles. The molecule has 0 fully saturated rings. The molecule has 20 heavy (non-hydrogen) atoms. The molecular weight excluding hydrogens is 252 g/mol. The van der Waals surface area contributed by atoms with Crippen LogP contribution in [0.5, 0.6) is 5.88 Å². The highest BCUT2D eigenvalue weighted by Crippen LogP contribution is 2.37. The quantitative estimate of drug-likeness (QED) is 0.866. The van der Waals surface area contributed by atoms with Crippen molar-refractivity contribution in [1.82, 2.24) is 4.98 Å². The summed E-state index contributed by atoms with van der Waals surface area (Å²) in [5.74, 6) is 0.559. The highest BCUT2D eigenvalue weighted by atomic mass is 16.5. The number of amides is 1. The number of rotatable bonds is 4. The van der Waals surface area contributed by atoms with E-state index < -0.39 is 0 Å². The van der Waals surface area contributed by atoms with Crippen LogP contribution >= 0.6 is 0 Å². The van der Waals surface area contributed by atoms with Gasteiger partial charge in [0, 0.05) is 17.8 Å². The highest BCUT2D eigenvalue weighted by Gasteiger charge is 2.18. The van der Waals surface area contributed by atoms with Gasteiger partial charge in [-0.05, 0) is 42.0 Å². The fraction of sp³-hybridized carbons (Fsp3) is 0.250. The number of nitrogens with one attached hydrogen (secondary N) is 1. The minimum absolute atomic E-state index is 0.559. The van der Waals surface area contributed by atoms with Crippen LogP contribution in [-0.2, 0) is 17.6 Å². The lowest BCUT2D eigenvalue weighted by atomic mass is 9.98. The molecule has 1 amide bonds. The second-order valence-corrected chi connectivity index (χ2v) is 4.79. The summed E-state index contributed by atoms with van der Waals surface area (Å²) in [6, 6.07) is 7.96. The standard InChI is InChI=1S/C16H15N2O2/c1-20-15-9-12(7-8-17-15)14-6-5-11-3-2-4-13(11)16(14)18-10-19/h5-9H,2-4H2,1H3,(H,18,19). The smallest absolute Gasteiger partial charge is 0.314 e. The van der Waals surface area contributed by atoms with Gasteiger partial charge in [0.2, 0.25) is 5.88 Å². The molecule has 1 heterocycles. The Balaban J connectivity index is 2.15. The normalized spacial score (nSPS) is 12.8. The number of fused-ring (bicyclic) bond motifs is 1. The second kappa shape index (κ2) is 5.33. The molecule has 4 nitrogen and oxygen atoms in total. The van der Waals surface area contributed by atoms with Crippen LogP contribution in [-0.4, -0.2) is 18.5 Å². The van der Waals surface area contributed by atoms with Gasteiger partial charge in [-0.15, -0.1) is 0 Å². The summed E-state index contributed by atoms with van der Waals surface area (Å²) >= 11 is 0. The number of hydrogen-bond donors (Lipinski definition) is 1. The number of nitrogens with zero attached hydrogens (tertiary/aromatic N) is 1. The SMILES string of the molecule is COc1cc(-c2ccc3c(c2N[C]=O)CCC3)ccn1. The first-order valence-corrected chi connectivity index (χ1v) is 6.62. The van der Waals surface area contributed by atoms with Gasteiger partial charge in [0.25, 0.3) is 0 Å². The molecule has 1 aromatic carbocycles. The van der Waals surface area contributed by atoms with Crippen LogP contribution in [0.25, 0.3) is 11.1 Å². The number of hydrogen-bond acceptors (Lipinski definition) is 3. The molecule has 0 spiro atoms. The van der Waals surface area contributed by atoms with Crippen molar-refractivity contribution >= 4 is 12.1 Å². The molecule has 1 aliphatic rings. The number of ether oxygens (including phenoxy) is 1. The lowest BCUT2D eigenvalue weighted by Crippen LogP contribution is -2.01. The van der Waals surface area contributed by atoms with E-state index in [1.807, 2.05) is 18.2 Å². The van der Waals surface area contributed by atoms with Crippen LogP contribution in [0, 0.1) is 0 Å². The highest BCUT2D eigenvalue weighted by molar-refractivity contribution is 5.88. The largest absolute Gasteiger partial charge is 0.481 e. The Bertz CT molecular complexity index is 653. The molecule has 1 radical (unpaired) electrons. The third-order valence-corrected chi connectivity index (χ3v) is 3.71. The van der Waals surface area contributed by atoms with E-state index in [2.05, 4.69) is 16.4 Å². The molecule has 2 aromatic rings. The Hall–Kier alpha value is -2.36. The van der Waals surface area contributed by atoms with E-state index in [-0.39, 0.29) is 0 Å². The maximum absolute atomic E-state index is 10.8. The minimum Gasteiger partial charge on any atom is -0.481 e. The second-order valence-electron chi connectivity index (χ2n) is 4.79. The van der Waals surface area contributed by atoms with Crippen molar-refractivity contribution in [2.75, 3.05) is 12.4 Å². The number of pyridine rings is 1. The van der Waals surface area contributed by atoms with E-state index in [4.69, 9.17) is 4.74 Å². The first kappa shape index (κ1) is 12.7. The van der Waals surface area contributed by atoms with Gasteiger partial charge in [-0.2, -0.15) is 0 Å². The van der Waals surface area contributed by atoms with Crippen LogP contribution in [0.2, 0.25) is 0 Å². The summed E-state index contributed by atoms with van der Waals surface area (Å²) in [6.45, 7) is 0. The molecule has 1 aliphatic carbocycles. The molecule has 0 atom stereocenters. The Labute approximate surface area is 117 Å². The average molecular weight is 267 g/mol. The fourth-order valence-corrected chi connectivity index (χ4v) is 2.79. The predicted molar refractivity (Wildman–Crippen MR) is 77.6 cm³/mol. The van der Waals surface area contributed by atoms with Gasteiger partial charge in [0.05, 0.1) is 12.8 Å². The van der Waals surface area contributed by atoms with E-state index >= 15 is 0 Å². The van der Waals surface area contributed by atoms with Crippen LogP contribution < -0.4 is 10.1 Å². The van der Waals surface area contributed by atoms with Gasteiger partial charge in [0.1, 0.15) is 0 Å². The van der Waals surface area contributed by atoms with Crippen molar-refractivity contribution in [2.45, 2.75) is 19.3 Å². The van der Waals surface area contributed by atoms with Crippen LogP contribution in [0.4, 0.5) is 5.69 Å². The van der Waals surface area contributed by atoms with Crippen molar-refractivity contribution in [1.29, 1.82) is 0 Å². The number of aromatic nitrogens is 1. The molecule has 4 heteroatoms. The van der Waals surface area contributed by atoms with Crippen LogP contribution in [0.3, 0.4) is 0 Å². The zero-order valence-corrected chi connectivity index (χ0v) is 11.3. The van der Waals surface area contributed by atoms with E-state index in [0.29, 0.717) is 5.88 Å². The number of carbonyl (C=O) groups excluding carboxylic acids is 1. The van der Waals surface area contributed by atoms with Crippen molar-refractivity contribution in [3.8, 4) is 17.0 Å². The number of benzene rings is 1. The molecule has 101 valence electrons. The van der Waals surface area contributed by atoms with Gasteiger partial charge in [-0.3, -0.25) is 4.79 Å². The zero-order valence-electron chi connectivity index (χ0n) is 11.3. The molecule has 0 unspecified atom stereocenters. The topological polar surface area (TPSA) is 51.2 Å². The summed E-state index contributed by atoms with van der Waals surface area (Å²) in [6.07, 6.45) is 6.71. The molecule has 0 saturated heterocycles. The third kappa shape index (κ3) is 2.13. The third-order valence-electron chi connectivity index (χ3n) is 3.71. The van der Waals surface area contributed by atoms with E-state index in [1.165, 1.54) is 11.1 Å². The Morgan fingerprint density at radius 2 is 2.20 bits per heavy atom. The molecular formula is C16H15N2O2. The van der Waals surface area contributed by atoms with Crippen molar-refractivity contribution in [2.24, 2.45) is 0 Å². The lowest BCUT2D eigenvalue weighted by molar-refractivity contribution is 0.398. The summed E-state index contributed by atoms with van der Waals surface area (Å²) in [7, 11) is 1.59. The van der Waals surface area contributed by atoms with E-state index in [0.717, 1.165) is 36.1 Å². The molecule has 3 rings (SSSR count). The Morgan fingerprint density at radius 3 is 3.00 bits per heavy atom. The van der Waals surface area contributed by atoms with Gasteiger partial charge >= 0.3 is 6.41 Å². The zero-order chi connectivity index (χ0) is 13.9. The first-order chi connectivity index (χ1) is 9.83. The summed E-state index contributed by atoms with van der Waals surface area (Å²) in [5.41, 5.74) is 5.36. The summed E-state index contributed by atoms with van der Waals surface area (Å²) in [5, 5.41) is 2.75. The van der Waals surface area contributed by atoms with Crippen LogP contribution in [0.15, 0.2) is 30.5 Å². The van der Waals surface area contributed by atoms with Gasteiger partial charge < -0.3 is 10.1 Å². The van der Waals surface area contributed by atoms with E-state index in [1.54, 1.807) is 19.7 Å². The molecule has 0 saturated carbocycles. The lowest BCUT2D eigenvalue weighted by Gasteiger charge is -2.14. The average Bonchev–Trinajstić information content (AvgIpc) is 2.97. The molecule has 1 N–H and O–H groups in total. The number of methoxy groups -OCH3 is 1. The fourth-order valence-electron chi connectivity index (χ4n) is 2.79. The van der Waals surface area contributed by atoms with Gasteiger partial charge in [-0.1, -0.05) is 12.1 Å². The maximum atomic E-state index is 10.8. The molecule has 0 bridgehead atoms. The number of anilines is 1. The van der Waals surface area contributed by atoms with Crippen molar-refractivity contribution < 1.29 is 9.53 Å².